The molecule has 4 amide bonds. The van der Waals surface area contributed by atoms with Crippen molar-refractivity contribution in [3.63, 3.8) is 0 Å². The number of phenolic OH excluding ortho intramolecular Hbond substituents is 1. The Kier molecular flexibility index (Phi) is 11.4. The minimum Gasteiger partial charge on any atom is -0.507 e. The fourth-order valence-corrected chi connectivity index (χ4v) is 5.34. The number of nitrogens with zero attached hydrogens (tertiary/aromatic N) is 1. The lowest BCUT2D eigenvalue weighted by Gasteiger charge is -2.29. The third-order valence-corrected chi connectivity index (χ3v) is 8.15. The highest BCUT2D eigenvalue weighted by Crippen LogP contribution is 2.35. The summed E-state index contributed by atoms with van der Waals surface area (Å²) in [5, 5.41) is 19.6. The maximum Gasteiger partial charge on any atom is 0.251 e. The quantitative estimate of drug-likeness (QED) is 0.292. The first-order chi connectivity index (χ1) is 22.0. The van der Waals surface area contributed by atoms with E-state index in [-0.39, 0.29) is 30.7 Å². The van der Waals surface area contributed by atoms with E-state index in [2.05, 4.69) is 16.0 Å². The third-order valence-electron chi connectivity index (χ3n) is 7.89. The Balaban J connectivity index is 1.58. The van der Waals surface area contributed by atoms with Crippen molar-refractivity contribution in [1.82, 2.24) is 20.9 Å². The van der Waals surface area contributed by atoms with Crippen LogP contribution in [0.4, 0.5) is 0 Å². The zero-order valence-electron chi connectivity index (χ0n) is 26.4. The molecule has 2 bridgehead atoms. The standard InChI is InChI=1S/C36H39ClN4O5/c1-5-23-16-17-38-32(43)20-39-36(46)34(27-12-15-31(42)30(19-27)29(18-23)22(2)3)41(4)33(44)21-40-35(45)26-8-6-24(7-9-26)25-10-13-28(37)14-11-25/h5-15,18-19,22,34,42H,16-17,20-21H2,1-4H3,(H,38,43)(H,39,46)(H,40,45)/b23-5?,29-18+. The number of rotatable bonds is 6. The Morgan fingerprint density at radius 2 is 1.67 bits per heavy atom. The van der Waals surface area contributed by atoms with Gasteiger partial charge in [0.25, 0.3) is 5.91 Å². The molecule has 1 atom stereocenters. The highest BCUT2D eigenvalue weighted by molar-refractivity contribution is 6.30. The molecule has 9 nitrogen and oxygen atoms in total. The van der Waals surface area contributed by atoms with Crippen LogP contribution < -0.4 is 16.0 Å². The second-order valence-electron chi connectivity index (χ2n) is 11.4. The van der Waals surface area contributed by atoms with Crippen LogP contribution in [0.15, 0.2) is 84.5 Å². The van der Waals surface area contributed by atoms with E-state index >= 15 is 0 Å². The molecular formula is C36H39ClN4O5. The number of allylic oxidation sites excluding steroid dienone is 3. The molecule has 46 heavy (non-hydrogen) atoms. The molecule has 0 radical (unpaired) electrons. The van der Waals surface area contributed by atoms with Gasteiger partial charge in [-0.15, -0.1) is 0 Å². The zero-order valence-corrected chi connectivity index (χ0v) is 27.1. The predicted octanol–water partition coefficient (Wildman–Crippen LogP) is 5.26. The molecule has 0 fully saturated rings. The number of phenols is 1. The smallest absolute Gasteiger partial charge is 0.251 e. The minimum absolute atomic E-state index is 0.0145. The summed E-state index contributed by atoms with van der Waals surface area (Å²) >= 11 is 5.98. The predicted molar refractivity (Wildman–Crippen MR) is 180 cm³/mol. The van der Waals surface area contributed by atoms with Gasteiger partial charge in [-0.1, -0.05) is 73.5 Å². The summed E-state index contributed by atoms with van der Waals surface area (Å²) in [4.78, 5) is 53.6. The molecule has 0 saturated carbocycles. The van der Waals surface area contributed by atoms with Gasteiger partial charge in [-0.3, -0.25) is 19.2 Å². The van der Waals surface area contributed by atoms with Gasteiger partial charge in [-0.2, -0.15) is 0 Å². The number of benzene rings is 3. The van der Waals surface area contributed by atoms with Gasteiger partial charge in [-0.05, 0) is 77.9 Å². The molecule has 0 saturated heterocycles. The molecule has 1 aliphatic rings. The molecule has 3 aromatic carbocycles. The van der Waals surface area contributed by atoms with E-state index in [4.69, 9.17) is 11.6 Å². The molecule has 1 unspecified atom stereocenters. The largest absolute Gasteiger partial charge is 0.507 e. The van der Waals surface area contributed by atoms with Crippen molar-refractivity contribution in [3.8, 4) is 16.9 Å². The molecule has 4 rings (SSSR count). The molecule has 0 spiro atoms. The molecule has 0 aromatic heterocycles. The van der Waals surface area contributed by atoms with Crippen molar-refractivity contribution in [2.24, 2.45) is 5.92 Å². The first-order valence-corrected chi connectivity index (χ1v) is 15.5. The zero-order chi connectivity index (χ0) is 33.4. The van der Waals surface area contributed by atoms with E-state index in [1.807, 2.05) is 57.2 Å². The number of carbonyl (C=O) groups is 4. The summed E-state index contributed by atoms with van der Waals surface area (Å²) in [6.07, 6.45) is 4.52. The number of hydrogen-bond donors (Lipinski definition) is 4. The highest BCUT2D eigenvalue weighted by atomic mass is 35.5. The number of hydrogen-bond acceptors (Lipinski definition) is 5. The van der Waals surface area contributed by atoms with Crippen LogP contribution in [0.1, 0.15) is 54.7 Å². The summed E-state index contributed by atoms with van der Waals surface area (Å²) < 4.78 is 0. The molecule has 3 aromatic rings. The van der Waals surface area contributed by atoms with E-state index < -0.39 is 23.8 Å². The van der Waals surface area contributed by atoms with Crippen molar-refractivity contribution in [3.05, 3.63) is 106 Å². The number of aromatic hydroxyl groups is 1. The van der Waals surface area contributed by atoms with Gasteiger partial charge in [0.05, 0.1) is 13.1 Å². The van der Waals surface area contributed by atoms with Gasteiger partial charge >= 0.3 is 0 Å². The highest BCUT2D eigenvalue weighted by Gasteiger charge is 2.30. The first kappa shape index (κ1) is 34.0. The van der Waals surface area contributed by atoms with Crippen LogP contribution in [0.25, 0.3) is 16.7 Å². The van der Waals surface area contributed by atoms with Gasteiger partial charge in [0.2, 0.25) is 17.7 Å². The Hall–Kier alpha value is -4.89. The van der Waals surface area contributed by atoms with Crippen LogP contribution in [-0.4, -0.2) is 60.3 Å². The van der Waals surface area contributed by atoms with Gasteiger partial charge in [0, 0.05) is 29.7 Å². The topological polar surface area (TPSA) is 128 Å². The second-order valence-corrected chi connectivity index (χ2v) is 11.8. The van der Waals surface area contributed by atoms with Crippen LogP contribution in [0.2, 0.25) is 5.02 Å². The van der Waals surface area contributed by atoms with E-state index in [1.54, 1.807) is 36.4 Å². The Morgan fingerprint density at radius 1 is 1.02 bits per heavy atom. The SMILES string of the molecule is CC=C1/C=C(\C(C)C)c2cc(ccc2O)C(N(C)C(=O)CNC(=O)c2ccc(-c3ccc(Cl)cc3)cc2)C(=O)NCC(=O)NCC1. The van der Waals surface area contributed by atoms with Crippen LogP contribution in [0.3, 0.4) is 0 Å². The third kappa shape index (κ3) is 8.43. The Bertz CT molecular complexity index is 1660. The lowest BCUT2D eigenvalue weighted by Crippen LogP contribution is -2.47. The van der Waals surface area contributed by atoms with Gasteiger partial charge in [0.1, 0.15) is 11.8 Å². The molecule has 1 heterocycles. The molecule has 1 aliphatic heterocycles. The average Bonchev–Trinajstić information content (AvgIpc) is 3.05. The number of fused-ring (bicyclic) bond motifs is 2. The van der Waals surface area contributed by atoms with E-state index in [9.17, 15) is 24.3 Å². The molecule has 240 valence electrons. The second kappa shape index (κ2) is 15.4. The lowest BCUT2D eigenvalue weighted by atomic mass is 9.89. The fraction of sp³-hybridized carbons (Fsp3) is 0.278. The molecule has 10 heteroatoms. The van der Waals surface area contributed by atoms with Gasteiger partial charge in [0.15, 0.2) is 0 Å². The van der Waals surface area contributed by atoms with E-state index in [0.717, 1.165) is 22.3 Å². The number of likely N-dealkylation sites (N-methyl/N-ethyl adjacent to an activating group) is 1. The fourth-order valence-electron chi connectivity index (χ4n) is 5.22. The Labute approximate surface area is 274 Å². The van der Waals surface area contributed by atoms with Crippen molar-refractivity contribution in [2.45, 2.75) is 33.2 Å². The monoisotopic (exact) mass is 642 g/mol. The van der Waals surface area contributed by atoms with E-state index in [1.165, 1.54) is 18.0 Å². The summed E-state index contributed by atoms with van der Waals surface area (Å²) in [6.45, 7) is 5.65. The average molecular weight is 643 g/mol. The number of amides is 4. The van der Waals surface area contributed by atoms with Crippen LogP contribution in [0.5, 0.6) is 5.75 Å². The van der Waals surface area contributed by atoms with Crippen molar-refractivity contribution < 1.29 is 24.3 Å². The number of halogens is 1. The minimum atomic E-state index is -1.15. The summed E-state index contributed by atoms with van der Waals surface area (Å²) in [6, 6.07) is 17.9. The Morgan fingerprint density at radius 3 is 2.30 bits per heavy atom. The molecule has 4 N–H and O–H groups in total. The lowest BCUT2D eigenvalue weighted by molar-refractivity contribution is -0.139. The maximum atomic E-state index is 13.5. The van der Waals surface area contributed by atoms with Crippen molar-refractivity contribution >= 4 is 40.8 Å². The van der Waals surface area contributed by atoms with Crippen LogP contribution >= 0.6 is 11.6 Å². The van der Waals surface area contributed by atoms with Crippen LogP contribution in [-0.2, 0) is 14.4 Å². The van der Waals surface area contributed by atoms with Gasteiger partial charge in [-0.25, -0.2) is 0 Å². The van der Waals surface area contributed by atoms with E-state index in [0.29, 0.717) is 34.7 Å². The molecule has 0 aliphatic carbocycles. The normalized spacial score (nSPS) is 17.7. The van der Waals surface area contributed by atoms with Crippen molar-refractivity contribution in [1.29, 1.82) is 0 Å². The number of carbonyl (C=O) groups excluding carboxylic acids is 4. The van der Waals surface area contributed by atoms with Crippen molar-refractivity contribution in [2.75, 3.05) is 26.7 Å². The summed E-state index contributed by atoms with van der Waals surface area (Å²) in [7, 11) is 1.46. The molecular weight excluding hydrogens is 604 g/mol. The number of nitrogens with one attached hydrogen (secondary N) is 3. The maximum absolute atomic E-state index is 13.5. The summed E-state index contributed by atoms with van der Waals surface area (Å²) in [5.41, 5.74) is 5.03. The first-order valence-electron chi connectivity index (χ1n) is 15.1. The van der Waals surface area contributed by atoms with Crippen LogP contribution in [0, 0.1) is 5.92 Å². The summed E-state index contributed by atoms with van der Waals surface area (Å²) in [5.74, 6) is -1.85. The van der Waals surface area contributed by atoms with Gasteiger partial charge < -0.3 is 26.0 Å².